The summed E-state index contributed by atoms with van der Waals surface area (Å²) in [5.41, 5.74) is 0.900. The lowest BCUT2D eigenvalue weighted by molar-refractivity contribution is 0.209. The largest absolute Gasteiger partial charge is 0.465 e. The van der Waals surface area contributed by atoms with Crippen molar-refractivity contribution in [2.24, 2.45) is 0 Å². The van der Waals surface area contributed by atoms with Crippen LogP contribution in [0.15, 0.2) is 58.3 Å². The molecular weight excluding hydrogens is 306 g/mol. The zero-order valence-electron chi connectivity index (χ0n) is 11.1. The molecule has 0 bridgehead atoms. The molecule has 1 aromatic heterocycles. The van der Waals surface area contributed by atoms with Gasteiger partial charge in [0.25, 0.3) is 0 Å². The van der Waals surface area contributed by atoms with E-state index in [1.807, 2.05) is 0 Å². The SMILES string of the molecule is O=C(O)Nc1nc2ccc(S(=O)(=O)c3ccccc3)cc2[nH]1. The molecule has 0 aliphatic heterocycles. The van der Waals surface area contributed by atoms with Gasteiger partial charge in [-0.1, -0.05) is 18.2 Å². The topological polar surface area (TPSA) is 112 Å². The van der Waals surface area contributed by atoms with E-state index in [2.05, 4.69) is 15.3 Å². The minimum atomic E-state index is -3.63. The van der Waals surface area contributed by atoms with Crippen molar-refractivity contribution >= 4 is 32.9 Å². The van der Waals surface area contributed by atoms with E-state index in [0.717, 1.165) is 0 Å². The minimum absolute atomic E-state index is 0.0387. The Balaban J connectivity index is 2.07. The van der Waals surface area contributed by atoms with Crippen molar-refractivity contribution in [3.05, 3.63) is 48.5 Å². The normalized spacial score (nSPS) is 11.5. The maximum atomic E-state index is 12.5. The molecule has 0 radical (unpaired) electrons. The van der Waals surface area contributed by atoms with Crippen LogP contribution in [0.5, 0.6) is 0 Å². The number of anilines is 1. The van der Waals surface area contributed by atoms with Gasteiger partial charge in [-0.3, -0.25) is 5.32 Å². The molecule has 2 aromatic carbocycles. The lowest BCUT2D eigenvalue weighted by Crippen LogP contribution is -2.08. The minimum Gasteiger partial charge on any atom is -0.465 e. The molecule has 22 heavy (non-hydrogen) atoms. The van der Waals surface area contributed by atoms with Crippen molar-refractivity contribution in [2.75, 3.05) is 5.32 Å². The Hall–Kier alpha value is -2.87. The van der Waals surface area contributed by atoms with Gasteiger partial charge >= 0.3 is 6.09 Å². The first-order chi connectivity index (χ1) is 10.5. The number of aromatic nitrogens is 2. The molecule has 3 aromatic rings. The molecule has 0 fully saturated rings. The molecule has 3 rings (SSSR count). The number of amides is 1. The van der Waals surface area contributed by atoms with E-state index < -0.39 is 15.9 Å². The fourth-order valence-corrected chi connectivity index (χ4v) is 3.36. The Labute approximate surface area is 125 Å². The lowest BCUT2D eigenvalue weighted by atomic mass is 10.3. The predicted molar refractivity (Wildman–Crippen MR) is 79.6 cm³/mol. The first-order valence-corrected chi connectivity index (χ1v) is 7.75. The highest BCUT2D eigenvalue weighted by molar-refractivity contribution is 7.91. The molecule has 0 saturated heterocycles. The van der Waals surface area contributed by atoms with Crippen LogP contribution < -0.4 is 5.32 Å². The molecule has 0 atom stereocenters. The van der Waals surface area contributed by atoms with Crippen LogP contribution in [0, 0.1) is 0 Å². The van der Waals surface area contributed by atoms with E-state index in [1.54, 1.807) is 18.2 Å². The van der Waals surface area contributed by atoms with Crippen LogP contribution in [0.2, 0.25) is 0 Å². The summed E-state index contributed by atoms with van der Waals surface area (Å²) in [7, 11) is -3.63. The fraction of sp³-hybridized carbons (Fsp3) is 0. The number of imidazole rings is 1. The number of rotatable bonds is 3. The predicted octanol–water partition coefficient (Wildman–Crippen LogP) is 2.49. The van der Waals surface area contributed by atoms with Crippen molar-refractivity contribution in [3.8, 4) is 0 Å². The fourth-order valence-electron chi connectivity index (χ4n) is 2.05. The monoisotopic (exact) mass is 317 g/mol. The summed E-state index contributed by atoms with van der Waals surface area (Å²) >= 11 is 0. The van der Waals surface area contributed by atoms with E-state index in [9.17, 15) is 13.2 Å². The summed E-state index contributed by atoms with van der Waals surface area (Å²) in [6.45, 7) is 0. The molecule has 0 unspecified atom stereocenters. The van der Waals surface area contributed by atoms with Gasteiger partial charge in [-0.05, 0) is 30.3 Å². The highest BCUT2D eigenvalue weighted by Crippen LogP contribution is 2.24. The molecule has 1 heterocycles. The summed E-state index contributed by atoms with van der Waals surface area (Å²) in [6.07, 6.45) is -1.25. The average Bonchev–Trinajstić information content (AvgIpc) is 2.88. The molecular formula is C14H11N3O4S. The Morgan fingerprint density at radius 1 is 1.09 bits per heavy atom. The highest BCUT2D eigenvalue weighted by atomic mass is 32.2. The Kier molecular flexibility index (Phi) is 3.30. The summed E-state index contributed by atoms with van der Waals surface area (Å²) in [5, 5.41) is 10.7. The molecule has 8 heteroatoms. The van der Waals surface area contributed by atoms with E-state index in [0.29, 0.717) is 11.0 Å². The van der Waals surface area contributed by atoms with Crippen LogP contribution in [-0.4, -0.2) is 29.6 Å². The number of carbonyl (C=O) groups is 1. The van der Waals surface area contributed by atoms with Gasteiger partial charge in [0, 0.05) is 0 Å². The van der Waals surface area contributed by atoms with Crippen LogP contribution >= 0.6 is 0 Å². The van der Waals surface area contributed by atoms with Crippen molar-refractivity contribution < 1.29 is 18.3 Å². The number of benzene rings is 2. The number of nitrogens with one attached hydrogen (secondary N) is 2. The van der Waals surface area contributed by atoms with Gasteiger partial charge in [-0.2, -0.15) is 0 Å². The number of carboxylic acid groups (broad SMARTS) is 1. The number of nitrogens with zero attached hydrogens (tertiary/aromatic N) is 1. The van der Waals surface area contributed by atoms with Gasteiger partial charge in [0.2, 0.25) is 15.8 Å². The highest BCUT2D eigenvalue weighted by Gasteiger charge is 2.18. The van der Waals surface area contributed by atoms with Crippen LogP contribution in [0.25, 0.3) is 11.0 Å². The Morgan fingerprint density at radius 3 is 2.50 bits per heavy atom. The third kappa shape index (κ3) is 2.51. The molecule has 112 valence electrons. The second-order valence-electron chi connectivity index (χ2n) is 4.51. The number of aromatic amines is 1. The van der Waals surface area contributed by atoms with Crippen molar-refractivity contribution in [2.45, 2.75) is 9.79 Å². The standard InChI is InChI=1S/C14H11N3O4S/c18-14(19)17-13-15-11-7-6-10(8-12(11)16-13)22(20,21)9-4-2-1-3-5-9/h1-8H,(H,18,19)(H2,15,16,17). The van der Waals surface area contributed by atoms with E-state index in [1.165, 1.54) is 30.3 Å². The van der Waals surface area contributed by atoms with E-state index in [-0.39, 0.29) is 15.7 Å². The number of H-pyrrole nitrogens is 1. The molecule has 3 N–H and O–H groups in total. The van der Waals surface area contributed by atoms with Crippen LogP contribution in [0.1, 0.15) is 0 Å². The smallest absolute Gasteiger partial charge is 0.411 e. The van der Waals surface area contributed by atoms with E-state index >= 15 is 0 Å². The molecule has 0 saturated carbocycles. The zero-order valence-corrected chi connectivity index (χ0v) is 12.0. The second-order valence-corrected chi connectivity index (χ2v) is 6.46. The lowest BCUT2D eigenvalue weighted by Gasteiger charge is -2.04. The first kappa shape index (κ1) is 14.1. The quantitative estimate of drug-likeness (QED) is 0.687. The number of sulfone groups is 1. The summed E-state index contributed by atoms with van der Waals surface area (Å²) in [4.78, 5) is 17.6. The van der Waals surface area contributed by atoms with Crippen molar-refractivity contribution in [1.29, 1.82) is 0 Å². The molecule has 7 nitrogen and oxygen atoms in total. The number of hydrogen-bond donors (Lipinski definition) is 3. The van der Waals surface area contributed by atoms with Gasteiger partial charge < -0.3 is 10.1 Å². The maximum absolute atomic E-state index is 12.5. The van der Waals surface area contributed by atoms with Crippen molar-refractivity contribution in [1.82, 2.24) is 9.97 Å². The summed E-state index contributed by atoms with van der Waals surface area (Å²) in [5.74, 6) is 0.0387. The van der Waals surface area contributed by atoms with Gasteiger partial charge in [-0.25, -0.2) is 18.2 Å². The molecule has 0 aliphatic rings. The van der Waals surface area contributed by atoms with Crippen LogP contribution in [0.3, 0.4) is 0 Å². The molecule has 0 aliphatic carbocycles. The number of fused-ring (bicyclic) bond motifs is 1. The van der Waals surface area contributed by atoms with Gasteiger partial charge in [0.05, 0.1) is 20.8 Å². The Bertz CT molecular complexity index is 949. The first-order valence-electron chi connectivity index (χ1n) is 6.27. The van der Waals surface area contributed by atoms with Gasteiger partial charge in [0.1, 0.15) is 0 Å². The average molecular weight is 317 g/mol. The third-order valence-electron chi connectivity index (χ3n) is 3.04. The Morgan fingerprint density at radius 2 is 1.82 bits per heavy atom. The molecule has 1 amide bonds. The number of hydrogen-bond acceptors (Lipinski definition) is 4. The van der Waals surface area contributed by atoms with Crippen LogP contribution in [0.4, 0.5) is 10.7 Å². The van der Waals surface area contributed by atoms with Crippen molar-refractivity contribution in [3.63, 3.8) is 0 Å². The maximum Gasteiger partial charge on any atom is 0.411 e. The van der Waals surface area contributed by atoms with Gasteiger partial charge in [-0.15, -0.1) is 0 Å². The van der Waals surface area contributed by atoms with E-state index in [4.69, 9.17) is 5.11 Å². The van der Waals surface area contributed by atoms with Gasteiger partial charge in [0.15, 0.2) is 0 Å². The third-order valence-corrected chi connectivity index (χ3v) is 4.81. The second kappa shape index (κ2) is 5.15. The summed E-state index contributed by atoms with van der Waals surface area (Å²) in [6, 6.07) is 12.5. The summed E-state index contributed by atoms with van der Waals surface area (Å²) < 4.78 is 25.0. The zero-order chi connectivity index (χ0) is 15.7. The van der Waals surface area contributed by atoms with Crippen LogP contribution in [-0.2, 0) is 9.84 Å². The molecule has 0 spiro atoms.